The number of carbonyl (C=O) groups excluding carboxylic acids is 1. The molecule has 1 aliphatic carbocycles. The summed E-state index contributed by atoms with van der Waals surface area (Å²) in [7, 11) is 0. The molecule has 0 unspecified atom stereocenters. The maximum absolute atomic E-state index is 12.8. The molecule has 1 saturated carbocycles. The number of hydrogen-bond acceptors (Lipinski definition) is 4. The van der Waals surface area contributed by atoms with Crippen molar-refractivity contribution in [3.05, 3.63) is 52.7 Å². The second-order valence-electron chi connectivity index (χ2n) is 7.91. The summed E-state index contributed by atoms with van der Waals surface area (Å²) >= 11 is 6.04. The predicted molar refractivity (Wildman–Crippen MR) is 113 cm³/mol. The Kier molecular flexibility index (Phi) is 6.57. The molecule has 3 rings (SSSR count). The molecular formula is C22H28ClN3O2. The van der Waals surface area contributed by atoms with Crippen LogP contribution in [-0.4, -0.2) is 28.1 Å². The van der Waals surface area contributed by atoms with Gasteiger partial charge in [-0.25, -0.2) is 4.98 Å². The van der Waals surface area contributed by atoms with Crippen LogP contribution in [0.15, 0.2) is 36.5 Å². The van der Waals surface area contributed by atoms with E-state index in [2.05, 4.69) is 15.6 Å². The van der Waals surface area contributed by atoms with Gasteiger partial charge in [0.15, 0.2) is 0 Å². The van der Waals surface area contributed by atoms with Crippen LogP contribution < -0.4 is 10.6 Å². The van der Waals surface area contributed by atoms with Gasteiger partial charge in [0.2, 0.25) is 0 Å². The summed E-state index contributed by atoms with van der Waals surface area (Å²) < 4.78 is 0. The molecule has 1 heterocycles. The van der Waals surface area contributed by atoms with E-state index < -0.39 is 5.60 Å². The van der Waals surface area contributed by atoms with Gasteiger partial charge in [-0.3, -0.25) is 4.79 Å². The molecule has 28 heavy (non-hydrogen) atoms. The number of amides is 1. The Labute approximate surface area is 171 Å². The highest BCUT2D eigenvalue weighted by molar-refractivity contribution is 6.30. The molecule has 150 valence electrons. The van der Waals surface area contributed by atoms with Crippen molar-refractivity contribution in [1.29, 1.82) is 0 Å². The van der Waals surface area contributed by atoms with Crippen LogP contribution in [0.4, 0.5) is 11.5 Å². The van der Waals surface area contributed by atoms with E-state index in [9.17, 15) is 9.90 Å². The van der Waals surface area contributed by atoms with Crippen LogP contribution in [-0.2, 0) is 0 Å². The van der Waals surface area contributed by atoms with Crippen molar-refractivity contribution < 1.29 is 9.90 Å². The van der Waals surface area contributed by atoms with Gasteiger partial charge < -0.3 is 15.7 Å². The maximum atomic E-state index is 12.8. The summed E-state index contributed by atoms with van der Waals surface area (Å²) in [5.74, 6) is 0.624. The Morgan fingerprint density at radius 2 is 2.00 bits per heavy atom. The standard InChI is InChI=1S/C22H28ClN3O2/c1-15(2)18-12-20(26-17-8-6-7-16(23)11-17)24-13-19(18)21(27)25-14-22(28)9-4-3-5-10-22/h6-8,11-13,15,28H,3-5,9-10,14H2,1-2H3,(H,24,26)(H,25,27). The molecule has 2 aromatic rings. The zero-order valence-corrected chi connectivity index (χ0v) is 17.2. The Balaban J connectivity index is 1.74. The first-order valence-corrected chi connectivity index (χ1v) is 10.3. The van der Waals surface area contributed by atoms with E-state index in [0.717, 1.165) is 43.4 Å². The van der Waals surface area contributed by atoms with Crippen LogP contribution in [0.5, 0.6) is 0 Å². The van der Waals surface area contributed by atoms with Crippen molar-refractivity contribution in [2.45, 2.75) is 57.5 Å². The minimum absolute atomic E-state index is 0.154. The van der Waals surface area contributed by atoms with Gasteiger partial charge in [-0.15, -0.1) is 0 Å². The lowest BCUT2D eigenvalue weighted by atomic mass is 9.85. The number of rotatable bonds is 6. The monoisotopic (exact) mass is 401 g/mol. The van der Waals surface area contributed by atoms with E-state index in [1.165, 1.54) is 0 Å². The fourth-order valence-corrected chi connectivity index (χ4v) is 3.84. The number of hydrogen-bond donors (Lipinski definition) is 3. The zero-order valence-electron chi connectivity index (χ0n) is 16.5. The number of nitrogens with zero attached hydrogens (tertiary/aromatic N) is 1. The third-order valence-electron chi connectivity index (χ3n) is 5.26. The van der Waals surface area contributed by atoms with Gasteiger partial charge >= 0.3 is 0 Å². The summed E-state index contributed by atoms with van der Waals surface area (Å²) in [6.07, 6.45) is 6.25. The molecule has 1 aromatic heterocycles. The Bertz CT molecular complexity index is 832. The zero-order chi connectivity index (χ0) is 20.1. The lowest BCUT2D eigenvalue weighted by Crippen LogP contribution is -2.44. The van der Waals surface area contributed by atoms with Crippen molar-refractivity contribution in [2.75, 3.05) is 11.9 Å². The molecule has 5 nitrogen and oxygen atoms in total. The molecule has 1 aliphatic rings. The van der Waals surface area contributed by atoms with E-state index >= 15 is 0 Å². The van der Waals surface area contributed by atoms with E-state index in [-0.39, 0.29) is 18.4 Å². The normalized spacial score (nSPS) is 16.0. The van der Waals surface area contributed by atoms with E-state index in [0.29, 0.717) is 16.4 Å². The number of aromatic nitrogens is 1. The van der Waals surface area contributed by atoms with Crippen LogP contribution in [0, 0.1) is 0 Å². The molecule has 6 heteroatoms. The van der Waals surface area contributed by atoms with Gasteiger partial charge in [-0.05, 0) is 48.6 Å². The summed E-state index contributed by atoms with van der Waals surface area (Å²) in [4.78, 5) is 17.2. The molecule has 0 spiro atoms. The molecule has 0 aliphatic heterocycles. The number of carbonyl (C=O) groups is 1. The summed E-state index contributed by atoms with van der Waals surface area (Å²) in [6, 6.07) is 9.31. The molecule has 0 bridgehead atoms. The number of benzene rings is 1. The van der Waals surface area contributed by atoms with Crippen LogP contribution in [0.2, 0.25) is 5.02 Å². The lowest BCUT2D eigenvalue weighted by molar-refractivity contribution is 0.00524. The average Bonchev–Trinajstić information content (AvgIpc) is 2.67. The smallest absolute Gasteiger partial charge is 0.253 e. The molecule has 1 amide bonds. The lowest BCUT2D eigenvalue weighted by Gasteiger charge is -2.32. The highest BCUT2D eigenvalue weighted by Gasteiger charge is 2.30. The van der Waals surface area contributed by atoms with Gasteiger partial charge in [0.05, 0.1) is 11.2 Å². The fraction of sp³-hybridized carbons (Fsp3) is 0.455. The second kappa shape index (κ2) is 8.93. The topological polar surface area (TPSA) is 74.2 Å². The second-order valence-corrected chi connectivity index (χ2v) is 8.35. The summed E-state index contributed by atoms with van der Waals surface area (Å²) in [5.41, 5.74) is 1.51. The number of nitrogens with one attached hydrogen (secondary N) is 2. The third kappa shape index (κ3) is 5.24. The highest BCUT2D eigenvalue weighted by atomic mass is 35.5. The largest absolute Gasteiger partial charge is 0.388 e. The van der Waals surface area contributed by atoms with Gasteiger partial charge in [-0.1, -0.05) is 50.8 Å². The van der Waals surface area contributed by atoms with Crippen LogP contribution >= 0.6 is 11.6 Å². The molecule has 1 aromatic carbocycles. The first-order chi connectivity index (χ1) is 13.4. The third-order valence-corrected chi connectivity index (χ3v) is 5.50. The molecule has 3 N–H and O–H groups in total. The number of pyridine rings is 1. The predicted octanol–water partition coefficient (Wildman–Crippen LogP) is 5.03. The molecule has 0 saturated heterocycles. The molecule has 0 radical (unpaired) electrons. The Morgan fingerprint density at radius 1 is 1.25 bits per heavy atom. The van der Waals surface area contributed by atoms with Gasteiger partial charge in [-0.2, -0.15) is 0 Å². The molecular weight excluding hydrogens is 374 g/mol. The van der Waals surface area contributed by atoms with Crippen molar-refractivity contribution in [1.82, 2.24) is 10.3 Å². The van der Waals surface area contributed by atoms with Gasteiger partial charge in [0.1, 0.15) is 5.82 Å². The first kappa shape index (κ1) is 20.6. The summed E-state index contributed by atoms with van der Waals surface area (Å²) in [6.45, 7) is 4.37. The summed E-state index contributed by atoms with van der Waals surface area (Å²) in [5, 5.41) is 17.4. The Morgan fingerprint density at radius 3 is 2.68 bits per heavy atom. The van der Waals surface area contributed by atoms with Crippen LogP contribution in [0.25, 0.3) is 0 Å². The minimum Gasteiger partial charge on any atom is -0.388 e. The van der Waals surface area contributed by atoms with Crippen molar-refractivity contribution in [3.63, 3.8) is 0 Å². The van der Waals surface area contributed by atoms with Crippen molar-refractivity contribution >= 4 is 29.0 Å². The molecule has 0 atom stereocenters. The quantitative estimate of drug-likeness (QED) is 0.634. The van der Waals surface area contributed by atoms with Crippen molar-refractivity contribution in [3.8, 4) is 0 Å². The number of halogens is 1. The number of anilines is 2. The minimum atomic E-state index is -0.784. The van der Waals surface area contributed by atoms with E-state index in [1.807, 2.05) is 44.2 Å². The Hall–Kier alpha value is -2.11. The fourth-order valence-electron chi connectivity index (χ4n) is 3.65. The van der Waals surface area contributed by atoms with Gasteiger partial charge in [0.25, 0.3) is 5.91 Å². The van der Waals surface area contributed by atoms with Crippen LogP contribution in [0.1, 0.15) is 67.8 Å². The van der Waals surface area contributed by atoms with Crippen LogP contribution in [0.3, 0.4) is 0 Å². The van der Waals surface area contributed by atoms with Gasteiger partial charge in [0, 0.05) is 23.5 Å². The van der Waals surface area contributed by atoms with E-state index in [1.54, 1.807) is 6.20 Å². The average molecular weight is 402 g/mol. The molecule has 1 fully saturated rings. The van der Waals surface area contributed by atoms with E-state index in [4.69, 9.17) is 11.6 Å². The first-order valence-electron chi connectivity index (χ1n) is 9.89. The maximum Gasteiger partial charge on any atom is 0.253 e. The highest BCUT2D eigenvalue weighted by Crippen LogP contribution is 2.28. The number of aliphatic hydroxyl groups is 1. The SMILES string of the molecule is CC(C)c1cc(Nc2cccc(Cl)c2)ncc1C(=O)NCC1(O)CCCCC1. The van der Waals surface area contributed by atoms with Crippen molar-refractivity contribution in [2.24, 2.45) is 0 Å².